The van der Waals surface area contributed by atoms with Crippen molar-refractivity contribution >= 4 is 21.0 Å². The van der Waals surface area contributed by atoms with Crippen molar-refractivity contribution in [3.63, 3.8) is 0 Å². The Balaban J connectivity index is 2.16. The smallest absolute Gasteiger partial charge is 0.328 e. The van der Waals surface area contributed by atoms with E-state index in [-0.39, 0.29) is 11.2 Å². The van der Waals surface area contributed by atoms with E-state index in [4.69, 9.17) is 4.55 Å². The zero-order valence-corrected chi connectivity index (χ0v) is 9.87. The molecular formula is C11H12N2O3S. The SMILES string of the molecule is O=S(=O)(O)C1=NC2CCCc3cccc(c32)N1. The van der Waals surface area contributed by atoms with Gasteiger partial charge in [0.05, 0.1) is 6.04 Å². The van der Waals surface area contributed by atoms with Gasteiger partial charge >= 0.3 is 10.1 Å². The molecule has 90 valence electrons. The van der Waals surface area contributed by atoms with Gasteiger partial charge in [-0.05, 0) is 30.9 Å². The number of benzene rings is 1. The second-order valence-electron chi connectivity index (χ2n) is 4.32. The number of rotatable bonds is 0. The van der Waals surface area contributed by atoms with E-state index in [1.165, 1.54) is 5.56 Å². The molecule has 0 radical (unpaired) electrons. The largest absolute Gasteiger partial charge is 0.328 e. The number of nitrogens with one attached hydrogen (secondary N) is 1. The quantitative estimate of drug-likeness (QED) is 0.689. The third kappa shape index (κ3) is 1.73. The maximum atomic E-state index is 11.1. The second-order valence-corrected chi connectivity index (χ2v) is 5.66. The Morgan fingerprint density at radius 1 is 1.41 bits per heavy atom. The van der Waals surface area contributed by atoms with Gasteiger partial charge in [0.25, 0.3) is 0 Å². The zero-order chi connectivity index (χ0) is 12.0. The molecule has 1 aliphatic heterocycles. The van der Waals surface area contributed by atoms with Crippen molar-refractivity contribution in [3.05, 3.63) is 29.3 Å². The Kier molecular flexibility index (Phi) is 2.24. The predicted molar refractivity (Wildman–Crippen MR) is 64.7 cm³/mol. The molecule has 0 bridgehead atoms. The van der Waals surface area contributed by atoms with Crippen molar-refractivity contribution in [2.45, 2.75) is 25.3 Å². The molecule has 17 heavy (non-hydrogen) atoms. The normalized spacial score (nSPS) is 22.4. The van der Waals surface area contributed by atoms with Crippen molar-refractivity contribution in [2.75, 3.05) is 5.32 Å². The standard InChI is InChI=1S/C11H12N2O3S/c14-17(15,16)11-12-8-5-1-3-7-4-2-6-9(13-11)10(7)8/h1,3,5,9H,2,4,6H2,(H,12,13)(H,14,15,16). The number of aryl methyl sites for hydroxylation is 1. The minimum atomic E-state index is -4.26. The average Bonchev–Trinajstić information content (AvgIpc) is 2.28. The van der Waals surface area contributed by atoms with Crippen molar-refractivity contribution in [2.24, 2.45) is 4.99 Å². The first-order valence-corrected chi connectivity index (χ1v) is 6.94. The monoisotopic (exact) mass is 252 g/mol. The first-order valence-electron chi connectivity index (χ1n) is 5.50. The lowest BCUT2D eigenvalue weighted by Crippen LogP contribution is -2.29. The van der Waals surface area contributed by atoms with Gasteiger partial charge < -0.3 is 5.32 Å². The van der Waals surface area contributed by atoms with Gasteiger partial charge in [0.15, 0.2) is 0 Å². The highest BCUT2D eigenvalue weighted by Gasteiger charge is 2.30. The van der Waals surface area contributed by atoms with Crippen LogP contribution in [0.5, 0.6) is 0 Å². The minimum absolute atomic E-state index is 0.145. The van der Waals surface area contributed by atoms with Gasteiger partial charge in [-0.15, -0.1) is 0 Å². The molecule has 6 heteroatoms. The van der Waals surface area contributed by atoms with E-state index in [1.807, 2.05) is 18.2 Å². The van der Waals surface area contributed by atoms with Gasteiger partial charge in [-0.2, -0.15) is 8.42 Å². The summed E-state index contributed by atoms with van der Waals surface area (Å²) in [6, 6.07) is 5.60. The molecule has 0 fully saturated rings. The summed E-state index contributed by atoms with van der Waals surface area (Å²) in [6.07, 6.45) is 2.81. The number of aliphatic imine (C=N–C) groups is 1. The fourth-order valence-corrected chi connectivity index (χ4v) is 3.01. The molecule has 1 atom stereocenters. The van der Waals surface area contributed by atoms with Crippen molar-refractivity contribution in [1.29, 1.82) is 0 Å². The van der Waals surface area contributed by atoms with Gasteiger partial charge in [0, 0.05) is 11.3 Å². The van der Waals surface area contributed by atoms with E-state index in [1.54, 1.807) is 0 Å². The summed E-state index contributed by atoms with van der Waals surface area (Å²) < 4.78 is 31.3. The van der Waals surface area contributed by atoms with Crippen LogP contribution in [0.15, 0.2) is 23.2 Å². The number of hydrogen-bond acceptors (Lipinski definition) is 4. The lowest BCUT2D eigenvalue weighted by Gasteiger charge is -2.29. The predicted octanol–water partition coefficient (Wildman–Crippen LogP) is 1.73. The molecule has 0 amide bonds. The van der Waals surface area contributed by atoms with Gasteiger partial charge in [-0.3, -0.25) is 4.55 Å². The van der Waals surface area contributed by atoms with Crippen LogP contribution in [0.2, 0.25) is 0 Å². The third-order valence-corrected chi connectivity index (χ3v) is 3.91. The van der Waals surface area contributed by atoms with Crippen molar-refractivity contribution < 1.29 is 13.0 Å². The number of hydrogen-bond donors (Lipinski definition) is 2. The number of anilines is 1. The van der Waals surface area contributed by atoms with E-state index < -0.39 is 10.1 Å². The lowest BCUT2D eigenvalue weighted by atomic mass is 9.86. The molecule has 1 heterocycles. The molecule has 2 aliphatic rings. The minimum Gasteiger partial charge on any atom is -0.328 e. The van der Waals surface area contributed by atoms with Gasteiger partial charge in [0.1, 0.15) is 0 Å². The summed E-state index contributed by atoms with van der Waals surface area (Å²) >= 11 is 0. The molecule has 0 saturated heterocycles. The van der Waals surface area contributed by atoms with Crippen LogP contribution in [-0.2, 0) is 16.5 Å². The van der Waals surface area contributed by atoms with Crippen LogP contribution in [-0.4, -0.2) is 18.1 Å². The Morgan fingerprint density at radius 3 is 3.00 bits per heavy atom. The summed E-state index contributed by atoms with van der Waals surface area (Å²) in [5.74, 6) is 0. The van der Waals surface area contributed by atoms with E-state index in [0.29, 0.717) is 0 Å². The van der Waals surface area contributed by atoms with Gasteiger partial charge in [-0.1, -0.05) is 12.1 Å². The van der Waals surface area contributed by atoms with Crippen molar-refractivity contribution in [1.82, 2.24) is 0 Å². The van der Waals surface area contributed by atoms with Crippen molar-refractivity contribution in [3.8, 4) is 0 Å². The van der Waals surface area contributed by atoms with E-state index >= 15 is 0 Å². The van der Waals surface area contributed by atoms with Crippen LogP contribution < -0.4 is 5.32 Å². The molecule has 0 saturated carbocycles. The molecule has 0 spiro atoms. The highest BCUT2D eigenvalue weighted by atomic mass is 32.2. The topological polar surface area (TPSA) is 78.8 Å². The third-order valence-electron chi connectivity index (χ3n) is 3.21. The zero-order valence-electron chi connectivity index (χ0n) is 9.05. The maximum Gasteiger partial charge on any atom is 0.328 e. The maximum absolute atomic E-state index is 11.1. The van der Waals surface area contributed by atoms with E-state index in [9.17, 15) is 8.42 Å². The highest BCUT2D eigenvalue weighted by molar-refractivity contribution is 8.01. The van der Waals surface area contributed by atoms with Crippen LogP contribution in [0, 0.1) is 0 Å². The van der Waals surface area contributed by atoms with Crippen LogP contribution in [0.1, 0.15) is 30.0 Å². The highest BCUT2D eigenvalue weighted by Crippen LogP contribution is 2.40. The molecule has 3 rings (SSSR count). The van der Waals surface area contributed by atoms with Gasteiger partial charge in [0.2, 0.25) is 5.17 Å². The van der Waals surface area contributed by atoms with Crippen LogP contribution >= 0.6 is 0 Å². The summed E-state index contributed by atoms with van der Waals surface area (Å²) in [7, 11) is -4.26. The Morgan fingerprint density at radius 2 is 2.24 bits per heavy atom. The lowest BCUT2D eigenvalue weighted by molar-refractivity contribution is 0.496. The van der Waals surface area contributed by atoms with Crippen LogP contribution in [0.3, 0.4) is 0 Å². The molecule has 1 unspecified atom stereocenters. The fourth-order valence-electron chi connectivity index (χ4n) is 2.51. The van der Waals surface area contributed by atoms with Crippen LogP contribution in [0.25, 0.3) is 0 Å². The summed E-state index contributed by atoms with van der Waals surface area (Å²) in [6.45, 7) is 0. The number of amidine groups is 1. The molecule has 1 aliphatic carbocycles. The molecule has 5 nitrogen and oxygen atoms in total. The van der Waals surface area contributed by atoms with E-state index in [2.05, 4.69) is 10.3 Å². The first kappa shape index (κ1) is 10.7. The molecule has 0 aromatic heterocycles. The van der Waals surface area contributed by atoms with Crippen LogP contribution in [0.4, 0.5) is 5.69 Å². The second kappa shape index (κ2) is 3.54. The first-order chi connectivity index (χ1) is 8.05. The Bertz CT molecular complexity index is 607. The van der Waals surface area contributed by atoms with Gasteiger partial charge in [-0.25, -0.2) is 4.99 Å². The molecule has 1 aromatic rings. The van der Waals surface area contributed by atoms with E-state index in [0.717, 1.165) is 30.5 Å². The Hall–Kier alpha value is -1.40. The molecular weight excluding hydrogens is 240 g/mol. The number of nitrogens with zero attached hydrogens (tertiary/aromatic N) is 1. The molecule has 1 aromatic carbocycles. The fraction of sp³-hybridized carbons (Fsp3) is 0.364. The average molecular weight is 252 g/mol. The summed E-state index contributed by atoms with van der Waals surface area (Å²) in [5, 5.41) is 2.35. The summed E-state index contributed by atoms with van der Waals surface area (Å²) in [4.78, 5) is 4.09. The molecule has 2 N–H and O–H groups in total. The Labute approximate surface area is 99.3 Å². The summed E-state index contributed by atoms with van der Waals surface area (Å²) in [5.41, 5.74) is 3.03.